The van der Waals surface area contributed by atoms with Gasteiger partial charge >= 0.3 is 0 Å². The molecule has 1 fully saturated rings. The van der Waals surface area contributed by atoms with Gasteiger partial charge in [0.1, 0.15) is 11.6 Å². The van der Waals surface area contributed by atoms with E-state index in [1.807, 2.05) is 6.92 Å². The molecule has 3 rings (SSSR count). The van der Waals surface area contributed by atoms with Crippen LogP contribution >= 0.6 is 0 Å². The van der Waals surface area contributed by atoms with Crippen molar-refractivity contribution in [2.45, 2.75) is 19.4 Å². The maximum atomic E-state index is 12.3. The van der Waals surface area contributed by atoms with E-state index in [-0.39, 0.29) is 23.0 Å². The third kappa shape index (κ3) is 2.50. The van der Waals surface area contributed by atoms with Crippen LogP contribution in [0, 0.1) is 16.0 Å². The summed E-state index contributed by atoms with van der Waals surface area (Å²) in [7, 11) is 0. The average Bonchev–Trinajstić information content (AvgIpc) is 2.93. The minimum Gasteiger partial charge on any atom is -0.368 e. The van der Waals surface area contributed by atoms with Crippen molar-refractivity contribution in [3.8, 4) is 0 Å². The molecular formula is C15H15N3O4. The van der Waals surface area contributed by atoms with Crippen molar-refractivity contribution < 1.29 is 14.5 Å². The fourth-order valence-electron chi connectivity index (χ4n) is 2.65. The lowest BCUT2D eigenvalue weighted by molar-refractivity contribution is -0.383. The normalized spacial score (nSPS) is 21.0. The molecule has 7 heteroatoms. The number of rotatable bonds is 3. The zero-order chi connectivity index (χ0) is 15.7. The number of fused-ring (bicyclic) bond motifs is 1. The second kappa shape index (κ2) is 5.69. The molecular weight excluding hydrogens is 286 g/mol. The Morgan fingerprint density at radius 1 is 1.45 bits per heavy atom. The number of non-ortho nitro benzene ring substituents is 1. The van der Waals surface area contributed by atoms with E-state index in [1.54, 1.807) is 12.1 Å². The Morgan fingerprint density at radius 3 is 2.95 bits per heavy atom. The van der Waals surface area contributed by atoms with Gasteiger partial charge in [-0.15, -0.1) is 0 Å². The summed E-state index contributed by atoms with van der Waals surface area (Å²) in [5.41, 5.74) is 0.672. The molecule has 1 aliphatic rings. The number of aromatic nitrogens is 1. The number of pyridine rings is 1. The largest absolute Gasteiger partial charge is 0.368 e. The molecule has 1 aromatic heterocycles. The smallest absolute Gasteiger partial charge is 0.295 e. The SMILES string of the molecule is C[C@@H]1CCO[C@@H]1C(=O)Nc1ccc([N+](=O)[O-])c2ncccc12. The molecule has 0 spiro atoms. The van der Waals surface area contributed by atoms with E-state index in [1.165, 1.54) is 18.3 Å². The molecule has 1 N–H and O–H groups in total. The van der Waals surface area contributed by atoms with Gasteiger partial charge in [0.2, 0.25) is 0 Å². The van der Waals surface area contributed by atoms with Crippen molar-refractivity contribution in [3.05, 3.63) is 40.6 Å². The number of carbonyl (C=O) groups is 1. The number of nitro benzene ring substituents is 1. The van der Waals surface area contributed by atoms with Gasteiger partial charge in [-0.25, -0.2) is 4.98 Å². The fourth-order valence-corrected chi connectivity index (χ4v) is 2.65. The molecule has 114 valence electrons. The Morgan fingerprint density at radius 2 is 2.27 bits per heavy atom. The van der Waals surface area contributed by atoms with Crippen molar-refractivity contribution in [1.29, 1.82) is 0 Å². The minimum absolute atomic E-state index is 0.0842. The molecule has 1 aromatic carbocycles. The maximum Gasteiger partial charge on any atom is 0.295 e. The van der Waals surface area contributed by atoms with Gasteiger partial charge < -0.3 is 10.1 Å². The minimum atomic E-state index is -0.484. The van der Waals surface area contributed by atoms with E-state index < -0.39 is 11.0 Å². The van der Waals surface area contributed by atoms with Gasteiger partial charge in [-0.05, 0) is 30.5 Å². The van der Waals surface area contributed by atoms with Crippen LogP contribution in [-0.2, 0) is 9.53 Å². The van der Waals surface area contributed by atoms with E-state index in [2.05, 4.69) is 10.3 Å². The number of benzene rings is 1. The van der Waals surface area contributed by atoms with Crippen molar-refractivity contribution in [2.24, 2.45) is 5.92 Å². The summed E-state index contributed by atoms with van der Waals surface area (Å²) in [6, 6.07) is 6.25. The number of anilines is 1. The third-order valence-electron chi connectivity index (χ3n) is 3.85. The van der Waals surface area contributed by atoms with Crippen LogP contribution in [0.15, 0.2) is 30.5 Å². The van der Waals surface area contributed by atoms with Crippen molar-refractivity contribution in [3.63, 3.8) is 0 Å². The molecule has 2 aromatic rings. The number of amides is 1. The van der Waals surface area contributed by atoms with Crippen LogP contribution in [0.4, 0.5) is 11.4 Å². The van der Waals surface area contributed by atoms with E-state index >= 15 is 0 Å². The second-order valence-corrected chi connectivity index (χ2v) is 5.34. The Balaban J connectivity index is 1.96. The van der Waals surface area contributed by atoms with Crippen molar-refractivity contribution in [2.75, 3.05) is 11.9 Å². The van der Waals surface area contributed by atoms with Gasteiger partial charge in [0.15, 0.2) is 0 Å². The summed E-state index contributed by atoms with van der Waals surface area (Å²) in [6.07, 6.45) is 1.85. The number of nitrogens with zero attached hydrogens (tertiary/aromatic N) is 2. The van der Waals surface area contributed by atoms with Crippen LogP contribution in [0.25, 0.3) is 10.9 Å². The van der Waals surface area contributed by atoms with Crippen LogP contribution in [0.5, 0.6) is 0 Å². The zero-order valence-corrected chi connectivity index (χ0v) is 12.0. The lowest BCUT2D eigenvalue weighted by Crippen LogP contribution is -2.31. The molecule has 1 saturated heterocycles. The number of hydrogen-bond donors (Lipinski definition) is 1. The van der Waals surface area contributed by atoms with Gasteiger partial charge in [-0.3, -0.25) is 14.9 Å². The molecule has 1 aliphatic heterocycles. The number of hydrogen-bond acceptors (Lipinski definition) is 5. The summed E-state index contributed by atoms with van der Waals surface area (Å²) in [6.45, 7) is 2.54. The fraction of sp³-hybridized carbons (Fsp3) is 0.333. The highest BCUT2D eigenvalue weighted by atomic mass is 16.6. The third-order valence-corrected chi connectivity index (χ3v) is 3.85. The average molecular weight is 301 g/mol. The van der Waals surface area contributed by atoms with Gasteiger partial charge in [-0.2, -0.15) is 0 Å². The van der Waals surface area contributed by atoms with Gasteiger partial charge in [0, 0.05) is 24.3 Å². The summed E-state index contributed by atoms with van der Waals surface area (Å²) in [5.74, 6) is -0.0774. The molecule has 0 unspecified atom stereocenters. The summed E-state index contributed by atoms with van der Waals surface area (Å²) in [4.78, 5) is 26.9. The molecule has 2 atom stereocenters. The Bertz CT molecular complexity index is 747. The molecule has 1 amide bonds. The predicted octanol–water partition coefficient (Wildman–Crippen LogP) is 2.51. The molecule has 7 nitrogen and oxygen atoms in total. The molecule has 0 aliphatic carbocycles. The van der Waals surface area contributed by atoms with Crippen molar-refractivity contribution >= 4 is 28.2 Å². The first-order valence-electron chi connectivity index (χ1n) is 7.02. The Kier molecular flexibility index (Phi) is 3.72. The molecule has 2 heterocycles. The Labute approximate surface area is 126 Å². The molecule has 22 heavy (non-hydrogen) atoms. The van der Waals surface area contributed by atoms with Crippen LogP contribution in [0.1, 0.15) is 13.3 Å². The Hall–Kier alpha value is -2.54. The summed E-state index contributed by atoms with van der Waals surface area (Å²) in [5, 5.41) is 14.4. The first kappa shape index (κ1) is 14.4. The molecule has 0 bridgehead atoms. The first-order valence-corrected chi connectivity index (χ1v) is 7.02. The van der Waals surface area contributed by atoms with Crippen LogP contribution in [-0.4, -0.2) is 28.5 Å². The predicted molar refractivity (Wildman–Crippen MR) is 80.5 cm³/mol. The monoisotopic (exact) mass is 301 g/mol. The van der Waals surface area contributed by atoms with Gasteiger partial charge in [0.05, 0.1) is 10.6 Å². The van der Waals surface area contributed by atoms with E-state index in [4.69, 9.17) is 4.74 Å². The number of nitrogens with one attached hydrogen (secondary N) is 1. The number of carbonyl (C=O) groups excluding carboxylic acids is 1. The highest BCUT2D eigenvalue weighted by Crippen LogP contribution is 2.30. The first-order chi connectivity index (χ1) is 10.6. The maximum absolute atomic E-state index is 12.3. The lowest BCUT2D eigenvalue weighted by Gasteiger charge is -2.15. The van der Waals surface area contributed by atoms with E-state index in [0.29, 0.717) is 17.7 Å². The summed E-state index contributed by atoms with van der Waals surface area (Å²) < 4.78 is 5.44. The van der Waals surface area contributed by atoms with Crippen LogP contribution in [0.3, 0.4) is 0 Å². The highest BCUT2D eigenvalue weighted by molar-refractivity contribution is 6.05. The van der Waals surface area contributed by atoms with Gasteiger partial charge in [-0.1, -0.05) is 6.92 Å². The van der Waals surface area contributed by atoms with Gasteiger partial charge in [0.25, 0.3) is 11.6 Å². The molecule has 0 radical (unpaired) electrons. The quantitative estimate of drug-likeness (QED) is 0.694. The van der Waals surface area contributed by atoms with E-state index in [9.17, 15) is 14.9 Å². The number of ether oxygens (including phenoxy) is 1. The van der Waals surface area contributed by atoms with E-state index in [0.717, 1.165) is 6.42 Å². The second-order valence-electron chi connectivity index (χ2n) is 5.34. The highest BCUT2D eigenvalue weighted by Gasteiger charge is 2.31. The topological polar surface area (TPSA) is 94.4 Å². The van der Waals surface area contributed by atoms with Crippen molar-refractivity contribution in [1.82, 2.24) is 4.98 Å². The standard InChI is InChI=1S/C15H15N3O4/c1-9-6-8-22-14(9)15(19)17-11-4-5-12(18(20)21)13-10(11)3-2-7-16-13/h2-5,7,9,14H,6,8H2,1H3,(H,17,19)/t9-,14+/m1/s1. The molecule has 0 saturated carbocycles. The van der Waals surface area contributed by atoms with Crippen LogP contribution in [0.2, 0.25) is 0 Å². The van der Waals surface area contributed by atoms with Crippen LogP contribution < -0.4 is 5.32 Å². The number of nitro groups is 1. The lowest BCUT2D eigenvalue weighted by atomic mass is 10.0. The zero-order valence-electron chi connectivity index (χ0n) is 12.0. The summed E-state index contributed by atoms with van der Waals surface area (Å²) >= 11 is 0.